The number of hydrogen-bond acceptors (Lipinski definition) is 3. The lowest BCUT2D eigenvalue weighted by Gasteiger charge is -2.11. The predicted molar refractivity (Wildman–Crippen MR) is 89.6 cm³/mol. The van der Waals surface area contributed by atoms with Gasteiger partial charge in [0, 0.05) is 35.4 Å². The molecule has 0 N–H and O–H groups in total. The van der Waals surface area contributed by atoms with Crippen molar-refractivity contribution in [2.45, 2.75) is 6.61 Å². The van der Waals surface area contributed by atoms with Crippen LogP contribution in [-0.2, 0) is 11.4 Å². The van der Waals surface area contributed by atoms with Crippen LogP contribution >= 0.6 is 23.2 Å². The van der Waals surface area contributed by atoms with Crippen LogP contribution < -0.4 is 4.90 Å². The molecule has 0 saturated carbocycles. The molecule has 2 rings (SSSR count). The second-order valence-electron chi connectivity index (χ2n) is 4.73. The van der Waals surface area contributed by atoms with Crippen LogP contribution in [0.3, 0.4) is 0 Å². The highest BCUT2D eigenvalue weighted by Gasteiger charge is 2.01. The molecule has 5 heteroatoms. The van der Waals surface area contributed by atoms with E-state index < -0.39 is 0 Å². The smallest absolute Gasteiger partial charge is 0.143 e. The number of rotatable bonds is 5. The SMILES string of the molecule is CN(C)c1ccc(/C=N/OCc2ccc(Cl)cc2Cl)cc1. The Morgan fingerprint density at radius 3 is 2.43 bits per heavy atom. The van der Waals surface area contributed by atoms with Crippen LogP contribution in [0.2, 0.25) is 10.0 Å². The Balaban J connectivity index is 1.90. The summed E-state index contributed by atoms with van der Waals surface area (Å²) in [5, 5.41) is 5.13. The van der Waals surface area contributed by atoms with Crippen molar-refractivity contribution in [3.8, 4) is 0 Å². The van der Waals surface area contributed by atoms with E-state index in [0.717, 1.165) is 16.8 Å². The van der Waals surface area contributed by atoms with E-state index in [1.165, 1.54) is 0 Å². The van der Waals surface area contributed by atoms with Crippen molar-refractivity contribution in [2.24, 2.45) is 5.16 Å². The quantitative estimate of drug-likeness (QED) is 0.593. The zero-order valence-corrected chi connectivity index (χ0v) is 13.4. The second-order valence-corrected chi connectivity index (χ2v) is 5.57. The van der Waals surface area contributed by atoms with Gasteiger partial charge >= 0.3 is 0 Å². The Morgan fingerprint density at radius 1 is 1.10 bits per heavy atom. The van der Waals surface area contributed by atoms with Crippen molar-refractivity contribution in [2.75, 3.05) is 19.0 Å². The second kappa shape index (κ2) is 7.34. The highest BCUT2D eigenvalue weighted by atomic mass is 35.5. The van der Waals surface area contributed by atoms with Crippen LogP contribution in [0.25, 0.3) is 0 Å². The standard InChI is InChI=1S/C16H16Cl2N2O/c1-20(2)15-7-3-12(4-8-15)10-19-21-11-13-5-6-14(17)9-16(13)18/h3-10H,11H2,1-2H3/b19-10+. The van der Waals surface area contributed by atoms with Crippen molar-refractivity contribution in [3.05, 3.63) is 63.6 Å². The molecule has 2 aromatic rings. The molecule has 0 fully saturated rings. The highest BCUT2D eigenvalue weighted by Crippen LogP contribution is 2.21. The van der Waals surface area contributed by atoms with Crippen molar-refractivity contribution < 1.29 is 4.84 Å². The third-order valence-electron chi connectivity index (χ3n) is 2.92. The molecule has 0 amide bonds. The third kappa shape index (κ3) is 4.66. The molecule has 0 bridgehead atoms. The van der Waals surface area contributed by atoms with E-state index in [-0.39, 0.29) is 0 Å². The lowest BCUT2D eigenvalue weighted by atomic mass is 10.2. The van der Waals surface area contributed by atoms with Crippen molar-refractivity contribution in [1.29, 1.82) is 0 Å². The van der Waals surface area contributed by atoms with Crippen molar-refractivity contribution >= 4 is 35.1 Å². The summed E-state index contributed by atoms with van der Waals surface area (Å²) in [5.41, 5.74) is 2.96. The van der Waals surface area contributed by atoms with Gasteiger partial charge in [0.05, 0.1) is 6.21 Å². The maximum absolute atomic E-state index is 6.05. The van der Waals surface area contributed by atoms with Crippen LogP contribution in [-0.4, -0.2) is 20.3 Å². The van der Waals surface area contributed by atoms with Gasteiger partial charge in [-0.15, -0.1) is 0 Å². The Hall–Kier alpha value is -1.71. The largest absolute Gasteiger partial charge is 0.391 e. The summed E-state index contributed by atoms with van der Waals surface area (Å²) in [5.74, 6) is 0. The van der Waals surface area contributed by atoms with Gasteiger partial charge in [-0.2, -0.15) is 0 Å². The van der Waals surface area contributed by atoms with Crippen molar-refractivity contribution in [1.82, 2.24) is 0 Å². The van der Waals surface area contributed by atoms with E-state index in [2.05, 4.69) is 5.16 Å². The molecular weight excluding hydrogens is 307 g/mol. The number of anilines is 1. The van der Waals surface area contributed by atoms with Crippen LogP contribution in [0, 0.1) is 0 Å². The Kier molecular flexibility index (Phi) is 5.48. The summed E-state index contributed by atoms with van der Waals surface area (Å²) in [6.45, 7) is 0.308. The van der Waals surface area contributed by atoms with Gasteiger partial charge < -0.3 is 9.74 Å². The first-order valence-electron chi connectivity index (χ1n) is 6.43. The number of oxime groups is 1. The average molecular weight is 323 g/mol. The first kappa shape index (κ1) is 15.7. The van der Waals surface area contributed by atoms with Gasteiger partial charge in [0.25, 0.3) is 0 Å². The summed E-state index contributed by atoms with van der Waals surface area (Å²) in [6, 6.07) is 13.3. The zero-order chi connectivity index (χ0) is 15.2. The Labute approximate surface area is 134 Å². The summed E-state index contributed by atoms with van der Waals surface area (Å²) in [7, 11) is 4.00. The fraction of sp³-hybridized carbons (Fsp3) is 0.188. The van der Waals surface area contributed by atoms with Gasteiger partial charge in [-0.25, -0.2) is 0 Å². The Bertz CT molecular complexity index is 625. The van der Waals surface area contributed by atoms with Crippen LogP contribution in [0.4, 0.5) is 5.69 Å². The van der Waals surface area contributed by atoms with Gasteiger partial charge in [-0.3, -0.25) is 0 Å². The molecule has 0 atom stereocenters. The molecule has 3 nitrogen and oxygen atoms in total. The third-order valence-corrected chi connectivity index (χ3v) is 3.51. The molecule has 0 aromatic heterocycles. The van der Waals surface area contributed by atoms with E-state index in [9.17, 15) is 0 Å². The molecular formula is C16H16Cl2N2O. The van der Waals surface area contributed by atoms with E-state index >= 15 is 0 Å². The summed E-state index contributed by atoms with van der Waals surface area (Å²) >= 11 is 11.9. The number of hydrogen-bond donors (Lipinski definition) is 0. The maximum Gasteiger partial charge on any atom is 0.143 e. The normalized spacial score (nSPS) is 10.9. The van der Waals surface area contributed by atoms with Crippen LogP contribution in [0.1, 0.15) is 11.1 Å². The van der Waals surface area contributed by atoms with Crippen LogP contribution in [0.15, 0.2) is 47.6 Å². The summed E-state index contributed by atoms with van der Waals surface area (Å²) in [4.78, 5) is 7.30. The number of benzene rings is 2. The molecule has 0 spiro atoms. The first-order chi connectivity index (χ1) is 10.1. The molecule has 21 heavy (non-hydrogen) atoms. The van der Waals surface area contributed by atoms with E-state index in [1.54, 1.807) is 18.3 Å². The van der Waals surface area contributed by atoms with Crippen molar-refractivity contribution in [3.63, 3.8) is 0 Å². The molecule has 0 saturated heterocycles. The minimum Gasteiger partial charge on any atom is -0.391 e. The van der Waals surface area contributed by atoms with E-state index in [0.29, 0.717) is 16.7 Å². The summed E-state index contributed by atoms with van der Waals surface area (Å²) < 4.78 is 0. The highest BCUT2D eigenvalue weighted by molar-refractivity contribution is 6.35. The molecule has 0 heterocycles. The fourth-order valence-electron chi connectivity index (χ4n) is 1.70. The van der Waals surface area contributed by atoms with E-state index in [1.807, 2.05) is 49.3 Å². The van der Waals surface area contributed by atoms with Crippen LogP contribution in [0.5, 0.6) is 0 Å². The fourth-order valence-corrected chi connectivity index (χ4v) is 2.17. The minimum atomic E-state index is 0.308. The molecule has 0 aliphatic carbocycles. The van der Waals surface area contributed by atoms with Gasteiger partial charge in [0.1, 0.15) is 6.61 Å². The zero-order valence-electron chi connectivity index (χ0n) is 11.9. The Morgan fingerprint density at radius 2 is 1.81 bits per heavy atom. The molecule has 0 aliphatic heterocycles. The predicted octanol–water partition coefficient (Wildman–Crippen LogP) is 4.61. The topological polar surface area (TPSA) is 24.8 Å². The number of nitrogens with zero attached hydrogens (tertiary/aromatic N) is 2. The minimum absolute atomic E-state index is 0.308. The van der Waals surface area contributed by atoms with Gasteiger partial charge in [-0.05, 0) is 29.8 Å². The monoisotopic (exact) mass is 322 g/mol. The number of halogens is 2. The first-order valence-corrected chi connectivity index (χ1v) is 7.18. The molecule has 0 radical (unpaired) electrons. The maximum atomic E-state index is 6.05. The lowest BCUT2D eigenvalue weighted by Crippen LogP contribution is -2.08. The average Bonchev–Trinajstić information content (AvgIpc) is 2.46. The van der Waals surface area contributed by atoms with Gasteiger partial charge in [-0.1, -0.05) is 46.6 Å². The van der Waals surface area contributed by atoms with Gasteiger partial charge in [0.2, 0.25) is 0 Å². The molecule has 0 unspecified atom stereocenters. The lowest BCUT2D eigenvalue weighted by molar-refractivity contribution is 0.132. The molecule has 0 aliphatic rings. The molecule has 110 valence electrons. The molecule has 2 aromatic carbocycles. The van der Waals surface area contributed by atoms with Gasteiger partial charge in [0.15, 0.2) is 0 Å². The van der Waals surface area contributed by atoms with E-state index in [4.69, 9.17) is 28.0 Å². The summed E-state index contributed by atoms with van der Waals surface area (Å²) in [6.07, 6.45) is 1.67.